The number of morpholine rings is 1. The summed E-state index contributed by atoms with van der Waals surface area (Å²) in [7, 11) is 0. The van der Waals surface area contributed by atoms with E-state index in [-0.39, 0.29) is 0 Å². The fourth-order valence-corrected chi connectivity index (χ4v) is 2.58. The van der Waals surface area contributed by atoms with Gasteiger partial charge in [0.1, 0.15) is 0 Å². The van der Waals surface area contributed by atoms with Crippen LogP contribution in [0.25, 0.3) is 0 Å². The first kappa shape index (κ1) is 14.1. The molecule has 1 saturated heterocycles. The molecule has 2 atom stereocenters. The maximum absolute atomic E-state index is 5.76. The molecular weight excluding hydrogens is 236 g/mol. The highest BCUT2D eigenvalue weighted by Crippen LogP contribution is 2.16. The molecule has 1 aromatic rings. The molecule has 0 bridgehead atoms. The zero-order valence-corrected chi connectivity index (χ0v) is 11.7. The highest BCUT2D eigenvalue weighted by atomic mass is 16.5. The van der Waals surface area contributed by atoms with Crippen LogP contribution in [0, 0.1) is 11.8 Å². The highest BCUT2D eigenvalue weighted by Gasteiger charge is 2.22. The predicted molar refractivity (Wildman–Crippen MR) is 77.7 cm³/mol. The molecule has 0 amide bonds. The van der Waals surface area contributed by atoms with Crippen molar-refractivity contribution >= 4 is 0 Å². The van der Waals surface area contributed by atoms with Gasteiger partial charge in [-0.3, -0.25) is 4.90 Å². The Bertz CT molecular complexity index is 465. The lowest BCUT2D eigenvalue weighted by Crippen LogP contribution is -2.44. The van der Waals surface area contributed by atoms with Crippen LogP contribution < -0.4 is 5.73 Å². The molecule has 102 valence electrons. The zero-order chi connectivity index (χ0) is 13.7. The van der Waals surface area contributed by atoms with Crippen molar-refractivity contribution < 1.29 is 4.74 Å². The number of rotatable bonds is 2. The average Bonchev–Trinajstić information content (AvgIpc) is 2.36. The quantitative estimate of drug-likeness (QED) is 0.819. The topological polar surface area (TPSA) is 38.5 Å². The molecule has 19 heavy (non-hydrogen) atoms. The summed E-state index contributed by atoms with van der Waals surface area (Å²) in [4.78, 5) is 2.43. The Morgan fingerprint density at radius 3 is 2.63 bits per heavy atom. The maximum atomic E-state index is 5.76. The van der Waals surface area contributed by atoms with Crippen molar-refractivity contribution in [3.05, 3.63) is 35.4 Å². The Labute approximate surface area is 115 Å². The van der Waals surface area contributed by atoms with Crippen molar-refractivity contribution in [2.45, 2.75) is 32.6 Å². The smallest absolute Gasteiger partial charge is 0.0678 e. The van der Waals surface area contributed by atoms with Crippen molar-refractivity contribution in [3.63, 3.8) is 0 Å². The summed E-state index contributed by atoms with van der Waals surface area (Å²) in [5, 5.41) is 0. The number of benzene rings is 1. The summed E-state index contributed by atoms with van der Waals surface area (Å²) in [6.45, 7) is 7.53. The van der Waals surface area contributed by atoms with Crippen LogP contribution in [0.2, 0.25) is 0 Å². The molecular formula is C16H22N2O. The molecule has 2 unspecified atom stereocenters. The lowest BCUT2D eigenvalue weighted by atomic mass is 10.1. The van der Waals surface area contributed by atoms with Crippen molar-refractivity contribution in [2.75, 3.05) is 19.6 Å². The third-order valence-corrected chi connectivity index (χ3v) is 3.23. The molecule has 2 rings (SSSR count). The van der Waals surface area contributed by atoms with E-state index < -0.39 is 0 Å². The SMILES string of the molecule is CC1CN(Cc2ccccc2C#CCN)CC(C)O1. The predicted octanol–water partition coefficient (Wildman–Crippen LogP) is 1.61. The number of nitrogens with two attached hydrogens (primary N) is 1. The van der Waals surface area contributed by atoms with Gasteiger partial charge in [-0.2, -0.15) is 0 Å². The molecule has 2 N–H and O–H groups in total. The van der Waals surface area contributed by atoms with Crippen molar-refractivity contribution in [2.24, 2.45) is 5.73 Å². The van der Waals surface area contributed by atoms with E-state index in [1.807, 2.05) is 6.07 Å². The minimum absolute atomic E-state index is 0.297. The van der Waals surface area contributed by atoms with Gasteiger partial charge in [0.25, 0.3) is 0 Å². The minimum atomic E-state index is 0.297. The van der Waals surface area contributed by atoms with E-state index in [2.05, 4.69) is 48.8 Å². The third-order valence-electron chi connectivity index (χ3n) is 3.23. The van der Waals surface area contributed by atoms with E-state index in [0.29, 0.717) is 18.8 Å². The van der Waals surface area contributed by atoms with Crippen molar-refractivity contribution in [3.8, 4) is 11.8 Å². The van der Waals surface area contributed by atoms with Gasteiger partial charge < -0.3 is 10.5 Å². The van der Waals surface area contributed by atoms with E-state index in [9.17, 15) is 0 Å². The summed E-state index contributed by atoms with van der Waals surface area (Å²) in [6.07, 6.45) is 0.595. The van der Waals surface area contributed by atoms with Gasteiger partial charge in [0.2, 0.25) is 0 Å². The van der Waals surface area contributed by atoms with E-state index in [4.69, 9.17) is 10.5 Å². The van der Waals surface area contributed by atoms with E-state index in [1.165, 1.54) is 5.56 Å². The van der Waals surface area contributed by atoms with Crippen LogP contribution in [0.4, 0.5) is 0 Å². The van der Waals surface area contributed by atoms with Crippen LogP contribution >= 0.6 is 0 Å². The lowest BCUT2D eigenvalue weighted by molar-refractivity contribution is -0.0705. The standard InChI is InChI=1S/C16H22N2O/c1-13-10-18(11-14(2)19-13)12-16-7-4-3-6-15(16)8-5-9-17/h3-4,6-7,13-14H,9-12,17H2,1-2H3. The molecule has 0 spiro atoms. The van der Waals surface area contributed by atoms with Crippen molar-refractivity contribution in [1.82, 2.24) is 4.90 Å². The molecule has 0 aromatic heterocycles. The Balaban J connectivity index is 2.10. The van der Waals surface area contributed by atoms with Gasteiger partial charge in [-0.15, -0.1) is 0 Å². The first-order valence-corrected chi connectivity index (χ1v) is 6.83. The fraction of sp³-hybridized carbons (Fsp3) is 0.500. The third kappa shape index (κ3) is 4.07. The van der Waals surface area contributed by atoms with Gasteiger partial charge in [0.05, 0.1) is 18.8 Å². The molecule has 1 heterocycles. The van der Waals surface area contributed by atoms with Gasteiger partial charge >= 0.3 is 0 Å². The van der Waals surface area contributed by atoms with Crippen LogP contribution in [-0.2, 0) is 11.3 Å². The summed E-state index contributed by atoms with van der Waals surface area (Å²) < 4.78 is 5.76. The molecule has 1 fully saturated rings. The Kier molecular flexibility index (Phi) is 4.98. The van der Waals surface area contributed by atoms with Gasteiger partial charge in [0, 0.05) is 25.2 Å². The molecule has 1 aliphatic rings. The molecule has 1 aromatic carbocycles. The second-order valence-corrected chi connectivity index (χ2v) is 5.11. The monoisotopic (exact) mass is 258 g/mol. The van der Waals surface area contributed by atoms with Crippen LogP contribution in [0.1, 0.15) is 25.0 Å². The maximum Gasteiger partial charge on any atom is 0.0678 e. The number of hydrogen-bond donors (Lipinski definition) is 1. The van der Waals surface area contributed by atoms with Crippen LogP contribution in [0.15, 0.2) is 24.3 Å². The Morgan fingerprint density at radius 1 is 1.26 bits per heavy atom. The summed E-state index contributed by atoms with van der Waals surface area (Å²) in [5.41, 5.74) is 7.80. The lowest BCUT2D eigenvalue weighted by Gasteiger charge is -2.35. The van der Waals surface area contributed by atoms with E-state index >= 15 is 0 Å². The molecule has 0 aliphatic carbocycles. The Morgan fingerprint density at radius 2 is 1.95 bits per heavy atom. The van der Waals surface area contributed by atoms with E-state index in [1.54, 1.807) is 0 Å². The van der Waals surface area contributed by atoms with Gasteiger partial charge in [-0.05, 0) is 25.5 Å². The van der Waals surface area contributed by atoms with Crippen LogP contribution in [0.5, 0.6) is 0 Å². The molecule has 0 saturated carbocycles. The summed E-state index contributed by atoms with van der Waals surface area (Å²) >= 11 is 0. The first-order valence-electron chi connectivity index (χ1n) is 6.83. The van der Waals surface area contributed by atoms with Crippen LogP contribution in [0.3, 0.4) is 0 Å². The number of nitrogens with zero attached hydrogens (tertiary/aromatic N) is 1. The van der Waals surface area contributed by atoms with Gasteiger partial charge in [-0.1, -0.05) is 30.0 Å². The highest BCUT2D eigenvalue weighted by molar-refractivity contribution is 5.41. The van der Waals surface area contributed by atoms with Gasteiger partial charge in [-0.25, -0.2) is 0 Å². The van der Waals surface area contributed by atoms with Crippen molar-refractivity contribution in [1.29, 1.82) is 0 Å². The summed E-state index contributed by atoms with van der Waals surface area (Å²) in [5.74, 6) is 6.09. The second-order valence-electron chi connectivity index (χ2n) is 5.11. The molecule has 3 nitrogen and oxygen atoms in total. The first-order chi connectivity index (χ1) is 9.19. The van der Waals surface area contributed by atoms with E-state index in [0.717, 1.165) is 25.2 Å². The molecule has 0 radical (unpaired) electrons. The largest absolute Gasteiger partial charge is 0.373 e. The minimum Gasteiger partial charge on any atom is -0.373 e. The van der Waals surface area contributed by atoms with Crippen LogP contribution in [-0.4, -0.2) is 36.7 Å². The molecule has 1 aliphatic heterocycles. The second kappa shape index (κ2) is 6.72. The Hall–Kier alpha value is -1.34. The average molecular weight is 258 g/mol. The molecule has 3 heteroatoms. The fourth-order valence-electron chi connectivity index (χ4n) is 2.58. The normalized spacial score (nSPS) is 23.7. The van der Waals surface area contributed by atoms with Gasteiger partial charge in [0.15, 0.2) is 0 Å². The number of hydrogen-bond acceptors (Lipinski definition) is 3. The zero-order valence-electron chi connectivity index (χ0n) is 11.7. The summed E-state index contributed by atoms with van der Waals surface area (Å²) in [6, 6.07) is 8.29. The number of ether oxygens (including phenoxy) is 1.